The van der Waals surface area contributed by atoms with Crippen LogP contribution in [0.15, 0.2) is 53.4 Å². The largest absolute Gasteiger partial charge is 0.514 e. The van der Waals surface area contributed by atoms with Gasteiger partial charge in [0, 0.05) is 10.9 Å². The van der Waals surface area contributed by atoms with E-state index in [1.807, 2.05) is 55.5 Å². The molecule has 0 atom stereocenters. The van der Waals surface area contributed by atoms with Crippen LogP contribution >= 0.6 is 0 Å². The van der Waals surface area contributed by atoms with Crippen LogP contribution in [0.2, 0.25) is 0 Å². The van der Waals surface area contributed by atoms with Gasteiger partial charge in [0.15, 0.2) is 4.90 Å². The second-order valence-electron chi connectivity index (χ2n) is 5.25. The molecule has 142 valence electrons. The zero-order chi connectivity index (χ0) is 19.7. The molecule has 0 radical (unpaired) electrons. The molecule has 0 N–H and O–H groups in total. The van der Waals surface area contributed by atoms with Crippen LogP contribution in [0.5, 0.6) is 5.75 Å². The van der Waals surface area contributed by atoms with Gasteiger partial charge in [-0.05, 0) is 36.2 Å². The van der Waals surface area contributed by atoms with Crippen molar-refractivity contribution < 1.29 is 43.1 Å². The van der Waals surface area contributed by atoms with Gasteiger partial charge in [-0.3, -0.25) is 0 Å². The summed E-state index contributed by atoms with van der Waals surface area (Å²) in [7, 11) is -4.75. The third-order valence-electron chi connectivity index (χ3n) is 3.01. The van der Waals surface area contributed by atoms with E-state index >= 15 is 0 Å². The number of halogens is 1. The normalized spacial score (nSPS) is 10.8. The summed E-state index contributed by atoms with van der Waals surface area (Å²) in [6.45, 7) is 2.14. The Hall–Kier alpha value is -1.81. The fraction of sp³-hybridized carbons (Fsp3) is 0.235. The number of benzene rings is 2. The van der Waals surface area contributed by atoms with Gasteiger partial charge in [0.25, 0.3) is 0 Å². The molecule has 0 aliphatic carbocycles. The fourth-order valence-corrected chi connectivity index (χ4v) is 2.58. The Balaban J connectivity index is 0.000000597. The van der Waals surface area contributed by atoms with E-state index in [-0.39, 0.29) is 17.5 Å². The molecule has 0 bridgehead atoms. The van der Waals surface area contributed by atoms with E-state index in [4.69, 9.17) is 28.1 Å². The molecular formula is C17H19ClO7S. The predicted molar refractivity (Wildman–Crippen MR) is 85.9 cm³/mol. The number of carbonyl (C=O) groups excluding carboxylic acids is 1. The topological polar surface area (TPSA) is 128 Å². The summed E-state index contributed by atoms with van der Waals surface area (Å²) < 4.78 is 44.3. The lowest BCUT2D eigenvalue weighted by atomic mass is 10.2. The number of aryl methyl sites for hydroxylation is 1. The van der Waals surface area contributed by atoms with E-state index in [0.717, 1.165) is 11.1 Å². The van der Waals surface area contributed by atoms with Gasteiger partial charge in [0.1, 0.15) is 24.9 Å². The minimum atomic E-state index is -4.94. The number of rotatable bonds is 4. The SMILES string of the molecule is Cc1cc([S+](C)C)ccc1OC(=O)OCc1ccccc1.[O-][Cl+3]([O-])([O-])[O-]. The van der Waals surface area contributed by atoms with Gasteiger partial charge in [0.05, 0.1) is 0 Å². The molecule has 0 amide bonds. The van der Waals surface area contributed by atoms with Crippen molar-refractivity contribution in [3.63, 3.8) is 0 Å². The molecular weight excluding hydrogens is 384 g/mol. The average molecular weight is 403 g/mol. The summed E-state index contributed by atoms with van der Waals surface area (Å²) in [5.41, 5.74) is 1.87. The van der Waals surface area contributed by atoms with Crippen LogP contribution < -0.4 is 23.4 Å². The van der Waals surface area contributed by atoms with Gasteiger partial charge in [-0.2, -0.15) is 0 Å². The highest BCUT2D eigenvalue weighted by Gasteiger charge is 2.13. The zero-order valence-electron chi connectivity index (χ0n) is 14.5. The number of carbonyl (C=O) groups is 1. The van der Waals surface area contributed by atoms with Crippen molar-refractivity contribution >= 4 is 17.1 Å². The number of ether oxygens (including phenoxy) is 2. The molecule has 7 nitrogen and oxygen atoms in total. The van der Waals surface area contributed by atoms with Crippen molar-refractivity contribution in [3.8, 4) is 5.75 Å². The maximum Gasteiger partial charge on any atom is 0.514 e. The van der Waals surface area contributed by atoms with Crippen LogP contribution in [0, 0.1) is 17.2 Å². The maximum absolute atomic E-state index is 11.7. The quantitative estimate of drug-likeness (QED) is 0.371. The predicted octanol–water partition coefficient (Wildman–Crippen LogP) is -0.809. The molecule has 0 heterocycles. The highest BCUT2D eigenvalue weighted by molar-refractivity contribution is 7.95. The molecule has 0 fully saturated rings. The van der Waals surface area contributed by atoms with Gasteiger partial charge in [-0.1, -0.05) is 30.3 Å². The lowest BCUT2D eigenvalue weighted by molar-refractivity contribution is -2.00. The minimum absolute atomic E-state index is 0.190. The molecule has 0 spiro atoms. The molecule has 2 aromatic carbocycles. The summed E-state index contributed by atoms with van der Waals surface area (Å²) in [5.74, 6) is 0.544. The molecule has 0 saturated heterocycles. The van der Waals surface area contributed by atoms with Crippen molar-refractivity contribution in [2.24, 2.45) is 0 Å². The van der Waals surface area contributed by atoms with Crippen molar-refractivity contribution in [1.82, 2.24) is 0 Å². The Morgan fingerprint density at radius 2 is 1.62 bits per heavy atom. The maximum atomic E-state index is 11.7. The Morgan fingerprint density at radius 3 is 2.12 bits per heavy atom. The van der Waals surface area contributed by atoms with Crippen molar-refractivity contribution in [2.75, 3.05) is 12.5 Å². The summed E-state index contributed by atoms with van der Waals surface area (Å²) in [6.07, 6.45) is 3.63. The Bertz CT molecular complexity index is 696. The summed E-state index contributed by atoms with van der Waals surface area (Å²) in [4.78, 5) is 13.0. The first-order chi connectivity index (χ1) is 12.1. The summed E-state index contributed by atoms with van der Waals surface area (Å²) in [6, 6.07) is 15.4. The lowest BCUT2D eigenvalue weighted by Crippen LogP contribution is -2.68. The van der Waals surface area contributed by atoms with Crippen molar-refractivity contribution in [2.45, 2.75) is 18.4 Å². The van der Waals surface area contributed by atoms with Crippen LogP contribution in [0.25, 0.3) is 0 Å². The second kappa shape index (κ2) is 10.4. The average Bonchev–Trinajstić information content (AvgIpc) is 2.54. The Kier molecular flexibility index (Phi) is 8.86. The van der Waals surface area contributed by atoms with E-state index in [0.29, 0.717) is 5.75 Å². The first-order valence-corrected chi connectivity index (χ1v) is 10.5. The zero-order valence-corrected chi connectivity index (χ0v) is 16.0. The van der Waals surface area contributed by atoms with E-state index in [2.05, 4.69) is 12.5 Å². The van der Waals surface area contributed by atoms with Crippen LogP contribution in [-0.4, -0.2) is 18.7 Å². The van der Waals surface area contributed by atoms with Crippen LogP contribution in [0.4, 0.5) is 4.79 Å². The van der Waals surface area contributed by atoms with Crippen LogP contribution in [0.3, 0.4) is 0 Å². The highest BCUT2D eigenvalue weighted by Crippen LogP contribution is 2.22. The Morgan fingerprint density at radius 1 is 1.04 bits per heavy atom. The number of hydrogen-bond acceptors (Lipinski definition) is 7. The number of hydrogen-bond donors (Lipinski definition) is 0. The molecule has 2 aromatic rings. The van der Waals surface area contributed by atoms with Crippen molar-refractivity contribution in [1.29, 1.82) is 0 Å². The van der Waals surface area contributed by atoms with E-state index in [1.54, 1.807) is 0 Å². The molecule has 0 saturated carbocycles. The van der Waals surface area contributed by atoms with Crippen LogP contribution in [-0.2, 0) is 22.2 Å². The highest BCUT2D eigenvalue weighted by atomic mass is 35.7. The molecule has 2 rings (SSSR count). The third-order valence-corrected chi connectivity index (χ3v) is 4.21. The molecule has 0 unspecified atom stereocenters. The van der Waals surface area contributed by atoms with Gasteiger partial charge >= 0.3 is 6.16 Å². The van der Waals surface area contributed by atoms with Crippen LogP contribution in [0.1, 0.15) is 11.1 Å². The monoisotopic (exact) mass is 402 g/mol. The van der Waals surface area contributed by atoms with Gasteiger partial charge in [-0.25, -0.2) is 23.4 Å². The third kappa shape index (κ3) is 9.62. The molecule has 9 heteroatoms. The smallest absolute Gasteiger partial charge is 0.429 e. The first kappa shape index (κ1) is 22.2. The van der Waals surface area contributed by atoms with E-state index in [9.17, 15) is 4.79 Å². The summed E-state index contributed by atoms with van der Waals surface area (Å²) in [5, 5.41) is 0. The van der Waals surface area contributed by atoms with E-state index in [1.165, 1.54) is 4.90 Å². The fourth-order valence-electron chi connectivity index (χ4n) is 1.83. The standard InChI is InChI=1S/C17H19O3S.ClHO4/c1-13-11-15(21(2)3)9-10-16(13)20-17(18)19-12-14-7-5-4-6-8-14;2-1(3,4)5/h4-11H,12H2,1-3H3;(H,2,3,4,5)/q+1;/p-1. The van der Waals surface area contributed by atoms with Gasteiger partial charge in [-0.15, -0.1) is 10.2 Å². The van der Waals surface area contributed by atoms with E-state index < -0.39 is 16.4 Å². The molecule has 0 aliphatic rings. The second-order valence-corrected chi connectivity index (χ2v) is 8.11. The minimum Gasteiger partial charge on any atom is -0.429 e. The molecule has 0 aliphatic heterocycles. The lowest BCUT2D eigenvalue weighted by Gasteiger charge is -2.17. The van der Waals surface area contributed by atoms with Gasteiger partial charge < -0.3 is 9.47 Å². The molecule has 0 aromatic heterocycles. The van der Waals surface area contributed by atoms with Gasteiger partial charge in [0.2, 0.25) is 0 Å². The Labute approximate surface area is 156 Å². The first-order valence-electron chi connectivity index (χ1n) is 7.25. The molecule has 26 heavy (non-hydrogen) atoms. The summed E-state index contributed by atoms with van der Waals surface area (Å²) >= 11 is 0. The van der Waals surface area contributed by atoms with Crippen molar-refractivity contribution in [3.05, 3.63) is 59.7 Å².